The third kappa shape index (κ3) is 8.04. The summed E-state index contributed by atoms with van der Waals surface area (Å²) in [7, 11) is 4.66. The zero-order chi connectivity index (χ0) is 30.9. The van der Waals surface area contributed by atoms with Gasteiger partial charge in [-0.1, -0.05) is 42.1 Å². The number of hydrogen-bond donors (Lipinski definition) is 1. The van der Waals surface area contributed by atoms with Crippen LogP contribution in [0.5, 0.6) is 17.2 Å². The molecule has 1 heterocycles. The van der Waals surface area contributed by atoms with Gasteiger partial charge in [0, 0.05) is 23.6 Å². The van der Waals surface area contributed by atoms with Gasteiger partial charge in [0.25, 0.3) is 5.91 Å². The minimum Gasteiger partial charge on any atom is -0.497 e. The van der Waals surface area contributed by atoms with E-state index in [4.69, 9.17) is 14.2 Å². The number of nitrogens with one attached hydrogen (secondary N) is 1. The average Bonchev–Trinajstić information content (AvgIpc) is 3.00. The lowest BCUT2D eigenvalue weighted by Gasteiger charge is -2.32. The number of carbonyl (C=O) groups is 2. The second-order valence-electron chi connectivity index (χ2n) is 9.90. The van der Waals surface area contributed by atoms with Gasteiger partial charge >= 0.3 is 0 Å². The fraction of sp³-hybridized carbons (Fsp3) is 0.273. The molecular formula is C33H36N4O5S. The molecule has 0 unspecified atom stereocenters. The van der Waals surface area contributed by atoms with E-state index in [9.17, 15) is 9.59 Å². The first-order valence-corrected chi connectivity index (χ1v) is 14.7. The summed E-state index contributed by atoms with van der Waals surface area (Å²) in [6, 6.07) is 21.0. The Morgan fingerprint density at radius 3 is 2.14 bits per heavy atom. The van der Waals surface area contributed by atoms with Gasteiger partial charge in [0.15, 0.2) is 16.7 Å². The monoisotopic (exact) mass is 600 g/mol. The van der Waals surface area contributed by atoms with Crippen molar-refractivity contribution in [1.29, 1.82) is 0 Å². The summed E-state index contributed by atoms with van der Waals surface area (Å²) in [6.07, 6.45) is 0. The third-order valence-corrected chi connectivity index (χ3v) is 7.68. The summed E-state index contributed by atoms with van der Waals surface area (Å²) in [5, 5.41) is 3.50. The fourth-order valence-electron chi connectivity index (χ4n) is 4.64. The number of thioether (sulfide) groups is 1. The quantitative estimate of drug-likeness (QED) is 0.158. The first-order valence-electron chi connectivity index (χ1n) is 13.7. The molecule has 0 aliphatic heterocycles. The Morgan fingerprint density at radius 1 is 0.837 bits per heavy atom. The Labute approximate surface area is 256 Å². The molecule has 43 heavy (non-hydrogen) atoms. The number of nitrogens with zero attached hydrogens (tertiary/aromatic N) is 3. The van der Waals surface area contributed by atoms with Crippen molar-refractivity contribution >= 4 is 29.3 Å². The van der Waals surface area contributed by atoms with Gasteiger partial charge in [-0.15, -0.1) is 0 Å². The molecule has 4 aromatic rings. The van der Waals surface area contributed by atoms with Gasteiger partial charge in [0.05, 0.1) is 27.1 Å². The van der Waals surface area contributed by atoms with Gasteiger partial charge in [-0.25, -0.2) is 9.97 Å². The van der Waals surface area contributed by atoms with Crippen molar-refractivity contribution in [2.24, 2.45) is 0 Å². The molecule has 0 aliphatic carbocycles. The van der Waals surface area contributed by atoms with Crippen LogP contribution < -0.4 is 19.5 Å². The molecule has 1 aromatic heterocycles. The van der Waals surface area contributed by atoms with E-state index < -0.39 is 6.04 Å². The number of carbonyl (C=O) groups excluding carboxylic acids is 2. The maximum absolute atomic E-state index is 14.2. The second kappa shape index (κ2) is 14.6. The molecule has 1 atom stereocenters. The lowest BCUT2D eigenvalue weighted by atomic mass is 10.0. The van der Waals surface area contributed by atoms with E-state index in [2.05, 4.69) is 15.3 Å². The molecule has 0 aliphatic rings. The predicted octanol–water partition coefficient (Wildman–Crippen LogP) is 5.93. The number of anilines is 1. The SMILES string of the molecule is COc1ccc(NC(=O)[C@H](c2ccc(OC)c(OC)c2)N(Cc2ccccc2C)C(=O)CSc2nc(C)cc(C)n2)cc1. The number of rotatable bonds is 12. The summed E-state index contributed by atoms with van der Waals surface area (Å²) in [5.74, 6) is 1.03. The van der Waals surface area contributed by atoms with Crippen molar-refractivity contribution in [2.75, 3.05) is 32.4 Å². The van der Waals surface area contributed by atoms with Crippen LogP contribution in [-0.2, 0) is 16.1 Å². The summed E-state index contributed by atoms with van der Waals surface area (Å²) in [5.41, 5.74) is 4.71. The maximum Gasteiger partial charge on any atom is 0.251 e. The minimum atomic E-state index is -1.00. The van der Waals surface area contributed by atoms with Crippen LogP contribution in [-0.4, -0.2) is 53.8 Å². The maximum atomic E-state index is 14.2. The molecule has 1 N–H and O–H groups in total. The van der Waals surface area contributed by atoms with Crippen molar-refractivity contribution in [1.82, 2.24) is 14.9 Å². The van der Waals surface area contributed by atoms with E-state index in [1.54, 1.807) is 61.6 Å². The number of aromatic nitrogens is 2. The number of aryl methyl sites for hydroxylation is 3. The summed E-state index contributed by atoms with van der Waals surface area (Å²) >= 11 is 1.24. The van der Waals surface area contributed by atoms with E-state index in [1.165, 1.54) is 18.9 Å². The molecule has 0 fully saturated rings. The Bertz CT molecular complexity index is 1560. The third-order valence-electron chi connectivity index (χ3n) is 6.85. The van der Waals surface area contributed by atoms with Crippen molar-refractivity contribution < 1.29 is 23.8 Å². The summed E-state index contributed by atoms with van der Waals surface area (Å²) < 4.78 is 16.3. The predicted molar refractivity (Wildman–Crippen MR) is 168 cm³/mol. The Hall–Kier alpha value is -4.57. The van der Waals surface area contributed by atoms with E-state index in [-0.39, 0.29) is 24.1 Å². The first-order chi connectivity index (χ1) is 20.7. The van der Waals surface area contributed by atoms with Gasteiger partial charge in [0.1, 0.15) is 11.8 Å². The average molecular weight is 601 g/mol. The van der Waals surface area contributed by atoms with E-state index in [0.717, 1.165) is 22.5 Å². The lowest BCUT2D eigenvalue weighted by Crippen LogP contribution is -2.42. The van der Waals surface area contributed by atoms with Crippen molar-refractivity contribution in [3.63, 3.8) is 0 Å². The smallest absolute Gasteiger partial charge is 0.251 e. The number of ether oxygens (including phenoxy) is 3. The van der Waals surface area contributed by atoms with Crippen LogP contribution in [0.15, 0.2) is 78.0 Å². The molecule has 0 spiro atoms. The van der Waals surface area contributed by atoms with Gasteiger partial charge in [0.2, 0.25) is 5.91 Å². The van der Waals surface area contributed by atoms with Crippen molar-refractivity contribution in [3.8, 4) is 17.2 Å². The Kier molecular flexibility index (Phi) is 10.6. The molecule has 4 rings (SSSR count). The normalized spacial score (nSPS) is 11.4. The highest BCUT2D eigenvalue weighted by molar-refractivity contribution is 7.99. The second-order valence-corrected chi connectivity index (χ2v) is 10.8. The molecule has 10 heteroatoms. The van der Waals surface area contributed by atoms with Crippen LogP contribution in [0.25, 0.3) is 0 Å². The topological polar surface area (TPSA) is 103 Å². The van der Waals surface area contributed by atoms with Gasteiger partial charge in [-0.05, 0) is 79.9 Å². The Morgan fingerprint density at radius 2 is 1.51 bits per heavy atom. The van der Waals surface area contributed by atoms with Gasteiger partial charge in [-0.2, -0.15) is 0 Å². The fourth-order valence-corrected chi connectivity index (χ4v) is 5.48. The molecule has 224 valence electrons. The number of methoxy groups -OCH3 is 3. The molecule has 0 saturated heterocycles. The van der Waals surface area contributed by atoms with Crippen LogP contribution in [0.2, 0.25) is 0 Å². The van der Waals surface area contributed by atoms with Crippen molar-refractivity contribution in [3.05, 3.63) is 101 Å². The Balaban J connectivity index is 1.77. The first kappa shape index (κ1) is 31.4. The van der Waals surface area contributed by atoms with Crippen molar-refractivity contribution in [2.45, 2.75) is 38.5 Å². The lowest BCUT2D eigenvalue weighted by molar-refractivity contribution is -0.137. The molecule has 2 amide bonds. The van der Waals surface area contributed by atoms with Crippen LogP contribution in [0.1, 0.15) is 34.1 Å². The molecule has 9 nitrogen and oxygen atoms in total. The molecule has 0 saturated carbocycles. The largest absolute Gasteiger partial charge is 0.497 e. The van der Waals surface area contributed by atoms with E-state index in [1.807, 2.05) is 51.1 Å². The highest BCUT2D eigenvalue weighted by Crippen LogP contribution is 2.34. The highest BCUT2D eigenvalue weighted by atomic mass is 32.2. The number of hydrogen-bond acceptors (Lipinski definition) is 8. The zero-order valence-electron chi connectivity index (χ0n) is 25.2. The zero-order valence-corrected chi connectivity index (χ0v) is 26.0. The number of benzene rings is 3. The van der Waals surface area contributed by atoms with Crippen LogP contribution in [0.3, 0.4) is 0 Å². The number of amides is 2. The van der Waals surface area contributed by atoms with E-state index in [0.29, 0.717) is 33.7 Å². The molecule has 3 aromatic carbocycles. The minimum absolute atomic E-state index is 0.0361. The van der Waals surface area contributed by atoms with Gasteiger partial charge in [-0.3, -0.25) is 9.59 Å². The van der Waals surface area contributed by atoms with E-state index >= 15 is 0 Å². The molecule has 0 bridgehead atoms. The van der Waals surface area contributed by atoms with Crippen LogP contribution in [0.4, 0.5) is 5.69 Å². The standard InChI is InChI=1S/C33H36N4O5S/c1-21-9-7-8-10-25(21)19-37(30(38)20-43-33-34-22(2)17-23(3)35-33)31(24-11-16-28(41-5)29(18-24)42-6)32(39)36-26-12-14-27(40-4)15-13-26/h7-18,31H,19-20H2,1-6H3,(H,36,39)/t31-/m0/s1. The molecular weight excluding hydrogens is 564 g/mol. The highest BCUT2D eigenvalue weighted by Gasteiger charge is 2.33. The van der Waals surface area contributed by atoms with Crippen LogP contribution in [0, 0.1) is 20.8 Å². The summed E-state index contributed by atoms with van der Waals surface area (Å²) in [4.78, 5) is 38.8. The van der Waals surface area contributed by atoms with Crippen LogP contribution >= 0.6 is 11.8 Å². The van der Waals surface area contributed by atoms with Gasteiger partial charge < -0.3 is 24.4 Å². The molecule has 0 radical (unpaired) electrons. The summed E-state index contributed by atoms with van der Waals surface area (Å²) in [6.45, 7) is 5.97.